The summed E-state index contributed by atoms with van der Waals surface area (Å²) in [6.07, 6.45) is 0. The Morgan fingerprint density at radius 2 is 2.07 bits per heavy atom. The van der Waals surface area contributed by atoms with Crippen LogP contribution in [0.2, 0.25) is 0 Å². The number of benzene rings is 1. The topological polar surface area (TPSA) is 43.4 Å². The van der Waals surface area contributed by atoms with Gasteiger partial charge in [-0.25, -0.2) is 0 Å². The van der Waals surface area contributed by atoms with E-state index in [-0.39, 0.29) is 5.75 Å². The van der Waals surface area contributed by atoms with Crippen molar-refractivity contribution in [2.45, 2.75) is 4.90 Å². The standard InChI is InChI=1S/C9H8Br2O3S/c1-14-9(12)5-15(13)6-2-3-7(10)8(11)4-6/h2-4H,5H2,1H3. The summed E-state index contributed by atoms with van der Waals surface area (Å²) in [6.45, 7) is 0. The first-order chi connectivity index (χ1) is 7.04. The van der Waals surface area contributed by atoms with Gasteiger partial charge in [0, 0.05) is 13.8 Å². The molecule has 3 nitrogen and oxygen atoms in total. The summed E-state index contributed by atoms with van der Waals surface area (Å²) < 4.78 is 17.8. The van der Waals surface area contributed by atoms with Crippen molar-refractivity contribution in [3.05, 3.63) is 27.1 Å². The third-order valence-corrected chi connectivity index (χ3v) is 4.79. The number of rotatable bonds is 3. The van der Waals surface area contributed by atoms with Gasteiger partial charge in [0.1, 0.15) is 5.75 Å². The molecule has 0 aliphatic heterocycles. The average Bonchev–Trinajstić information content (AvgIpc) is 2.21. The monoisotopic (exact) mass is 354 g/mol. The SMILES string of the molecule is COC(=O)CS(=O)c1ccc(Br)c(Br)c1. The number of carbonyl (C=O) groups is 1. The molecule has 0 radical (unpaired) electrons. The molecular weight excluding hydrogens is 348 g/mol. The van der Waals surface area contributed by atoms with Crippen LogP contribution in [0.3, 0.4) is 0 Å². The van der Waals surface area contributed by atoms with Gasteiger partial charge in [-0.2, -0.15) is 0 Å². The van der Waals surface area contributed by atoms with Crippen LogP contribution in [0.1, 0.15) is 0 Å². The van der Waals surface area contributed by atoms with E-state index in [0.717, 1.165) is 8.95 Å². The molecule has 0 spiro atoms. The number of ether oxygens (including phenoxy) is 1. The summed E-state index contributed by atoms with van der Waals surface area (Å²) in [6, 6.07) is 5.19. The van der Waals surface area contributed by atoms with E-state index < -0.39 is 16.8 Å². The summed E-state index contributed by atoms with van der Waals surface area (Å²) in [4.78, 5) is 11.5. The molecule has 1 atom stereocenters. The first-order valence-corrected chi connectivity index (χ1v) is 6.85. The predicted molar refractivity (Wildman–Crippen MR) is 65.1 cm³/mol. The molecule has 0 saturated heterocycles. The van der Waals surface area contributed by atoms with E-state index >= 15 is 0 Å². The Bertz CT molecular complexity index is 406. The van der Waals surface area contributed by atoms with Crippen molar-refractivity contribution >= 4 is 48.6 Å². The Kier molecular flexibility index (Phi) is 4.95. The van der Waals surface area contributed by atoms with Gasteiger partial charge in [0.15, 0.2) is 0 Å². The van der Waals surface area contributed by atoms with E-state index in [1.54, 1.807) is 18.2 Å². The highest BCUT2D eigenvalue weighted by atomic mass is 79.9. The van der Waals surface area contributed by atoms with Crippen LogP contribution in [0.4, 0.5) is 0 Å². The van der Waals surface area contributed by atoms with Crippen LogP contribution < -0.4 is 0 Å². The zero-order valence-electron chi connectivity index (χ0n) is 7.83. The van der Waals surface area contributed by atoms with Gasteiger partial charge in [-0.15, -0.1) is 0 Å². The third kappa shape index (κ3) is 3.70. The lowest BCUT2D eigenvalue weighted by Crippen LogP contribution is -2.12. The second kappa shape index (κ2) is 5.77. The molecule has 0 heterocycles. The van der Waals surface area contributed by atoms with Crippen LogP contribution in [0.15, 0.2) is 32.0 Å². The fourth-order valence-corrected chi connectivity index (χ4v) is 2.61. The van der Waals surface area contributed by atoms with Gasteiger partial charge < -0.3 is 4.74 Å². The quantitative estimate of drug-likeness (QED) is 0.782. The molecule has 1 unspecified atom stereocenters. The molecule has 0 amide bonds. The molecule has 1 rings (SSSR count). The summed E-state index contributed by atoms with van der Waals surface area (Å²) in [5, 5.41) is 0. The number of hydrogen-bond acceptors (Lipinski definition) is 3. The van der Waals surface area contributed by atoms with Crippen molar-refractivity contribution in [2.24, 2.45) is 0 Å². The molecule has 0 aromatic heterocycles. The fourth-order valence-electron chi connectivity index (χ4n) is 0.868. The molecule has 82 valence electrons. The third-order valence-electron chi connectivity index (χ3n) is 1.63. The van der Waals surface area contributed by atoms with Crippen molar-refractivity contribution < 1.29 is 13.7 Å². The molecule has 0 aliphatic rings. The molecule has 6 heteroatoms. The van der Waals surface area contributed by atoms with E-state index in [0.29, 0.717) is 4.90 Å². The average molecular weight is 356 g/mol. The number of hydrogen-bond donors (Lipinski definition) is 0. The smallest absolute Gasteiger partial charge is 0.318 e. The van der Waals surface area contributed by atoms with Gasteiger partial charge in [-0.1, -0.05) is 0 Å². The van der Waals surface area contributed by atoms with E-state index in [2.05, 4.69) is 36.6 Å². The maximum atomic E-state index is 11.7. The lowest BCUT2D eigenvalue weighted by molar-refractivity contribution is -0.137. The van der Waals surface area contributed by atoms with Gasteiger partial charge in [0.05, 0.1) is 17.9 Å². The van der Waals surface area contributed by atoms with Crippen molar-refractivity contribution in [1.82, 2.24) is 0 Å². The first kappa shape index (κ1) is 12.9. The van der Waals surface area contributed by atoms with Crippen LogP contribution >= 0.6 is 31.9 Å². The predicted octanol–water partition coefficient (Wildman–Crippen LogP) is 2.49. The van der Waals surface area contributed by atoms with Crippen LogP contribution in [0.25, 0.3) is 0 Å². The van der Waals surface area contributed by atoms with Gasteiger partial charge >= 0.3 is 5.97 Å². The maximum absolute atomic E-state index is 11.7. The minimum atomic E-state index is -1.36. The molecule has 1 aromatic carbocycles. The van der Waals surface area contributed by atoms with E-state index in [4.69, 9.17) is 0 Å². The number of methoxy groups -OCH3 is 1. The molecule has 0 fully saturated rings. The molecule has 15 heavy (non-hydrogen) atoms. The highest BCUT2D eigenvalue weighted by molar-refractivity contribution is 9.13. The second-order valence-corrected chi connectivity index (χ2v) is 5.80. The number of esters is 1. The van der Waals surface area contributed by atoms with Crippen molar-refractivity contribution in [3.8, 4) is 0 Å². The molecule has 0 bridgehead atoms. The lowest BCUT2D eigenvalue weighted by Gasteiger charge is -2.02. The summed E-state index contributed by atoms with van der Waals surface area (Å²) in [5.74, 6) is -0.600. The van der Waals surface area contributed by atoms with E-state index in [1.807, 2.05) is 0 Å². The van der Waals surface area contributed by atoms with Crippen LogP contribution in [-0.4, -0.2) is 23.0 Å². The Balaban J connectivity index is 2.83. The Hall–Kier alpha value is -0.200. The minimum absolute atomic E-state index is 0.120. The highest BCUT2D eigenvalue weighted by Crippen LogP contribution is 2.25. The Morgan fingerprint density at radius 3 is 2.60 bits per heavy atom. The molecule has 0 saturated carbocycles. The largest absolute Gasteiger partial charge is 0.468 e. The number of carbonyl (C=O) groups excluding carboxylic acids is 1. The summed E-state index contributed by atoms with van der Waals surface area (Å²) in [5.41, 5.74) is 0. The van der Waals surface area contributed by atoms with Crippen LogP contribution in [0, 0.1) is 0 Å². The first-order valence-electron chi connectivity index (χ1n) is 3.95. The fraction of sp³-hybridized carbons (Fsp3) is 0.222. The zero-order valence-corrected chi connectivity index (χ0v) is 11.8. The normalized spacial score (nSPS) is 12.2. The van der Waals surface area contributed by atoms with Crippen molar-refractivity contribution in [3.63, 3.8) is 0 Å². The maximum Gasteiger partial charge on any atom is 0.318 e. The van der Waals surface area contributed by atoms with E-state index in [9.17, 15) is 9.00 Å². The summed E-state index contributed by atoms with van der Waals surface area (Å²) in [7, 11) is -0.0825. The molecule has 0 aliphatic carbocycles. The second-order valence-electron chi connectivity index (χ2n) is 2.64. The van der Waals surface area contributed by atoms with E-state index in [1.165, 1.54) is 7.11 Å². The van der Waals surface area contributed by atoms with Gasteiger partial charge in [-0.3, -0.25) is 9.00 Å². The zero-order chi connectivity index (χ0) is 11.4. The number of halogens is 2. The van der Waals surface area contributed by atoms with Crippen molar-refractivity contribution in [2.75, 3.05) is 12.9 Å². The van der Waals surface area contributed by atoms with Crippen LogP contribution in [0.5, 0.6) is 0 Å². The minimum Gasteiger partial charge on any atom is -0.468 e. The highest BCUT2D eigenvalue weighted by Gasteiger charge is 2.11. The Morgan fingerprint density at radius 1 is 1.40 bits per heavy atom. The van der Waals surface area contributed by atoms with Gasteiger partial charge in [0.2, 0.25) is 0 Å². The Labute approximate surface area is 107 Å². The molecule has 0 N–H and O–H groups in total. The van der Waals surface area contributed by atoms with Crippen molar-refractivity contribution in [1.29, 1.82) is 0 Å². The lowest BCUT2D eigenvalue weighted by atomic mass is 10.4. The van der Waals surface area contributed by atoms with Gasteiger partial charge in [-0.05, 0) is 50.1 Å². The molecular formula is C9H8Br2O3S. The molecule has 1 aromatic rings. The van der Waals surface area contributed by atoms with Gasteiger partial charge in [0.25, 0.3) is 0 Å². The van der Waals surface area contributed by atoms with Crippen LogP contribution in [-0.2, 0) is 20.3 Å². The summed E-state index contributed by atoms with van der Waals surface area (Å²) >= 11 is 6.61.